The van der Waals surface area contributed by atoms with Crippen LogP contribution in [0.1, 0.15) is 12.0 Å². The molecule has 0 bridgehead atoms. The van der Waals surface area contributed by atoms with E-state index in [4.69, 9.17) is 9.90 Å². The smallest absolute Gasteiger partial charge is 0.475 e. The van der Waals surface area contributed by atoms with Crippen LogP contribution in [-0.2, 0) is 20.8 Å². The molecular weight excluding hydrogens is 459 g/mol. The fourth-order valence-corrected chi connectivity index (χ4v) is 4.64. The Morgan fingerprint density at radius 3 is 2.39 bits per heavy atom. The number of likely N-dealkylation sites (tertiary alicyclic amines) is 1. The first-order valence-electron chi connectivity index (χ1n) is 10.2. The minimum atomic E-state index is -5.08. The van der Waals surface area contributed by atoms with Crippen LogP contribution >= 0.6 is 11.3 Å². The molecule has 0 aliphatic carbocycles. The number of anilines is 1. The predicted molar refractivity (Wildman–Crippen MR) is 117 cm³/mol. The summed E-state index contributed by atoms with van der Waals surface area (Å²) in [6, 6.07) is 11.9. The summed E-state index contributed by atoms with van der Waals surface area (Å²) in [7, 11) is 2.01. The van der Waals surface area contributed by atoms with Gasteiger partial charge in [0.2, 0.25) is 11.8 Å². The first-order chi connectivity index (χ1) is 15.5. The third-order valence-corrected chi connectivity index (χ3v) is 6.55. The van der Waals surface area contributed by atoms with E-state index < -0.39 is 12.1 Å². The van der Waals surface area contributed by atoms with Crippen LogP contribution in [-0.4, -0.2) is 77.6 Å². The highest BCUT2D eigenvalue weighted by Crippen LogP contribution is 2.34. The third-order valence-electron chi connectivity index (χ3n) is 5.88. The molecule has 2 fully saturated rings. The maximum Gasteiger partial charge on any atom is 0.490 e. The van der Waals surface area contributed by atoms with Crippen molar-refractivity contribution < 1.29 is 32.7 Å². The number of nitrogens with zero attached hydrogens (tertiary/aromatic N) is 3. The fourth-order valence-electron chi connectivity index (χ4n) is 4.00. The van der Waals surface area contributed by atoms with E-state index in [1.807, 2.05) is 64.0 Å². The molecule has 0 saturated carbocycles. The lowest BCUT2D eigenvalue weighted by Gasteiger charge is -2.46. The Hall–Kier alpha value is -2.92. The largest absolute Gasteiger partial charge is 0.490 e. The number of piperazine rings is 1. The number of rotatable bonds is 3. The molecule has 11 heteroatoms. The van der Waals surface area contributed by atoms with Crippen molar-refractivity contribution in [2.45, 2.75) is 24.6 Å². The number of hydrogen-bond donors (Lipinski definition) is 1. The van der Waals surface area contributed by atoms with Gasteiger partial charge in [-0.3, -0.25) is 14.5 Å². The SMILES string of the molecule is CN1CC(=O)N(c2ccsc2)CC12CCN(C(=O)Cc1ccccc1)C2.O=C(O)C(F)(F)F. The van der Waals surface area contributed by atoms with E-state index in [0.29, 0.717) is 26.1 Å². The number of thiophene rings is 1. The molecule has 0 radical (unpaired) electrons. The second-order valence-corrected chi connectivity index (χ2v) is 8.85. The molecule has 33 heavy (non-hydrogen) atoms. The highest BCUT2D eigenvalue weighted by Gasteiger charge is 2.48. The number of alkyl halides is 3. The van der Waals surface area contributed by atoms with Gasteiger partial charge in [0.05, 0.1) is 24.2 Å². The zero-order valence-electron chi connectivity index (χ0n) is 17.9. The zero-order valence-corrected chi connectivity index (χ0v) is 18.7. The third kappa shape index (κ3) is 5.91. The van der Waals surface area contributed by atoms with Gasteiger partial charge in [-0.05, 0) is 30.5 Å². The van der Waals surface area contributed by atoms with Crippen LogP contribution in [0.3, 0.4) is 0 Å². The molecule has 2 aromatic rings. The van der Waals surface area contributed by atoms with Gasteiger partial charge in [0.15, 0.2) is 0 Å². The van der Waals surface area contributed by atoms with Crippen LogP contribution in [0.25, 0.3) is 0 Å². The molecular formula is C22H24F3N3O4S. The maximum absolute atomic E-state index is 12.8. The van der Waals surface area contributed by atoms with Gasteiger partial charge in [0.25, 0.3) is 0 Å². The molecule has 1 aromatic carbocycles. The van der Waals surface area contributed by atoms with Gasteiger partial charge in [-0.15, -0.1) is 0 Å². The van der Waals surface area contributed by atoms with Crippen molar-refractivity contribution in [1.29, 1.82) is 0 Å². The molecule has 1 unspecified atom stereocenters. The Labute approximate surface area is 193 Å². The van der Waals surface area contributed by atoms with Gasteiger partial charge in [-0.2, -0.15) is 24.5 Å². The van der Waals surface area contributed by atoms with Crippen LogP contribution in [0.4, 0.5) is 18.9 Å². The molecule has 178 valence electrons. The van der Waals surface area contributed by atoms with E-state index in [9.17, 15) is 22.8 Å². The summed E-state index contributed by atoms with van der Waals surface area (Å²) in [5.74, 6) is -2.46. The van der Waals surface area contributed by atoms with Gasteiger partial charge in [-0.25, -0.2) is 4.79 Å². The van der Waals surface area contributed by atoms with Gasteiger partial charge in [-0.1, -0.05) is 30.3 Å². The summed E-state index contributed by atoms with van der Waals surface area (Å²) in [5, 5.41) is 11.1. The van der Waals surface area contributed by atoms with Gasteiger partial charge < -0.3 is 14.9 Å². The van der Waals surface area contributed by atoms with E-state index in [-0.39, 0.29) is 17.4 Å². The zero-order chi connectivity index (χ0) is 24.2. The van der Waals surface area contributed by atoms with Crippen molar-refractivity contribution in [1.82, 2.24) is 9.80 Å². The molecule has 3 heterocycles. The van der Waals surface area contributed by atoms with Crippen LogP contribution in [0.2, 0.25) is 0 Å². The highest BCUT2D eigenvalue weighted by molar-refractivity contribution is 7.08. The molecule has 4 rings (SSSR count). The summed E-state index contributed by atoms with van der Waals surface area (Å²) in [5.41, 5.74) is 1.87. The first kappa shape index (κ1) is 24.7. The Kier molecular flexibility index (Phi) is 7.43. The quantitative estimate of drug-likeness (QED) is 0.726. The minimum Gasteiger partial charge on any atom is -0.475 e. The molecule has 1 N–H and O–H groups in total. The molecule has 2 saturated heterocycles. The molecule has 1 spiro atoms. The van der Waals surface area contributed by atoms with Crippen LogP contribution in [0.5, 0.6) is 0 Å². The summed E-state index contributed by atoms with van der Waals surface area (Å²) in [4.78, 5) is 40.2. The lowest BCUT2D eigenvalue weighted by atomic mass is 9.93. The van der Waals surface area contributed by atoms with Crippen molar-refractivity contribution in [2.24, 2.45) is 0 Å². The number of carbonyl (C=O) groups is 3. The standard InChI is InChI=1S/C20H23N3O2S.C2HF3O2/c1-21-12-19(25)23(17-7-10-26-13-17)15-20(21)8-9-22(14-20)18(24)11-16-5-3-2-4-6-16;3-2(4,5)1(6)7/h2-7,10,13H,8-9,11-12,14-15H2,1H3;(H,6,7). The molecule has 1 aromatic heterocycles. The van der Waals surface area contributed by atoms with E-state index in [2.05, 4.69) is 4.90 Å². The number of halogens is 3. The predicted octanol–water partition coefficient (Wildman–Crippen LogP) is 2.87. The summed E-state index contributed by atoms with van der Waals surface area (Å²) in [6.07, 6.45) is -3.74. The molecule has 1 atom stereocenters. The van der Waals surface area contributed by atoms with E-state index in [1.54, 1.807) is 11.3 Å². The second-order valence-electron chi connectivity index (χ2n) is 8.07. The van der Waals surface area contributed by atoms with Crippen molar-refractivity contribution in [3.63, 3.8) is 0 Å². The van der Waals surface area contributed by atoms with Crippen molar-refractivity contribution >= 4 is 34.8 Å². The van der Waals surface area contributed by atoms with E-state index in [1.165, 1.54) is 0 Å². The van der Waals surface area contributed by atoms with Crippen molar-refractivity contribution in [2.75, 3.05) is 38.1 Å². The highest BCUT2D eigenvalue weighted by atomic mass is 32.1. The Bertz CT molecular complexity index is 985. The van der Waals surface area contributed by atoms with Crippen molar-refractivity contribution in [3.05, 3.63) is 52.7 Å². The second kappa shape index (κ2) is 9.92. The van der Waals surface area contributed by atoms with Crippen LogP contribution in [0.15, 0.2) is 47.2 Å². The minimum absolute atomic E-state index is 0.130. The average Bonchev–Trinajstić information content (AvgIpc) is 3.43. The molecule has 7 nitrogen and oxygen atoms in total. The Morgan fingerprint density at radius 1 is 1.15 bits per heavy atom. The Morgan fingerprint density at radius 2 is 1.82 bits per heavy atom. The van der Waals surface area contributed by atoms with Crippen molar-refractivity contribution in [3.8, 4) is 0 Å². The average molecular weight is 484 g/mol. The summed E-state index contributed by atoms with van der Waals surface area (Å²) in [6.45, 7) is 2.48. The number of benzene rings is 1. The molecule has 2 aliphatic rings. The topological polar surface area (TPSA) is 81.2 Å². The lowest BCUT2D eigenvalue weighted by molar-refractivity contribution is -0.192. The van der Waals surface area contributed by atoms with Crippen LogP contribution in [0, 0.1) is 0 Å². The van der Waals surface area contributed by atoms with Gasteiger partial charge in [0.1, 0.15) is 0 Å². The number of amides is 2. The number of carbonyl (C=O) groups excluding carboxylic acids is 2. The first-order valence-corrected chi connectivity index (χ1v) is 11.1. The summed E-state index contributed by atoms with van der Waals surface area (Å²) >= 11 is 1.60. The normalized spacial score (nSPS) is 21.2. The number of aliphatic carboxylic acids is 1. The maximum atomic E-state index is 12.8. The monoisotopic (exact) mass is 483 g/mol. The fraction of sp³-hybridized carbons (Fsp3) is 0.409. The summed E-state index contributed by atoms with van der Waals surface area (Å²) < 4.78 is 31.7. The van der Waals surface area contributed by atoms with Gasteiger partial charge in [0, 0.05) is 25.0 Å². The number of likely N-dealkylation sites (N-methyl/N-ethyl adjacent to an activating group) is 1. The number of carboxylic acid groups (broad SMARTS) is 1. The van der Waals surface area contributed by atoms with Crippen LogP contribution < -0.4 is 4.90 Å². The molecule has 2 aliphatic heterocycles. The Balaban J connectivity index is 0.000000383. The van der Waals surface area contributed by atoms with Gasteiger partial charge >= 0.3 is 12.1 Å². The molecule has 2 amide bonds. The lowest BCUT2D eigenvalue weighted by Crippen LogP contribution is -2.64. The van der Waals surface area contributed by atoms with E-state index >= 15 is 0 Å². The van der Waals surface area contributed by atoms with E-state index in [0.717, 1.165) is 24.2 Å². The number of hydrogen-bond acceptors (Lipinski definition) is 5. The number of carboxylic acids is 1.